The van der Waals surface area contributed by atoms with Crippen molar-refractivity contribution in [1.29, 1.82) is 0 Å². The molecule has 1 saturated carbocycles. The van der Waals surface area contributed by atoms with E-state index in [9.17, 15) is 8.78 Å². The smallest absolute Gasteiger partial charge is 0.256 e. The fourth-order valence-corrected chi connectivity index (χ4v) is 1.77. The molecule has 2 rings (SSSR count). The molecule has 0 saturated heterocycles. The SMILES string of the molecule is CC1(Cn2nc(N)nc2Br)CC1(F)F. The highest BCUT2D eigenvalue weighted by Gasteiger charge is 2.68. The van der Waals surface area contributed by atoms with Crippen LogP contribution in [-0.4, -0.2) is 20.7 Å². The summed E-state index contributed by atoms with van der Waals surface area (Å²) >= 11 is 3.10. The van der Waals surface area contributed by atoms with Gasteiger partial charge >= 0.3 is 0 Å². The van der Waals surface area contributed by atoms with E-state index in [1.165, 1.54) is 11.6 Å². The van der Waals surface area contributed by atoms with Gasteiger partial charge in [0.25, 0.3) is 5.92 Å². The zero-order chi connectivity index (χ0) is 10.6. The average Bonchev–Trinajstić information content (AvgIpc) is 2.28. The Labute approximate surface area is 87.6 Å². The van der Waals surface area contributed by atoms with Crippen LogP contribution in [-0.2, 0) is 6.54 Å². The summed E-state index contributed by atoms with van der Waals surface area (Å²) in [6, 6.07) is 0. The Morgan fingerprint density at radius 1 is 1.64 bits per heavy atom. The van der Waals surface area contributed by atoms with E-state index in [0.29, 0.717) is 4.73 Å². The lowest BCUT2D eigenvalue weighted by atomic mass is 10.1. The van der Waals surface area contributed by atoms with Crippen molar-refractivity contribution < 1.29 is 8.78 Å². The molecule has 1 fully saturated rings. The number of nitrogen functional groups attached to an aromatic ring is 1. The highest BCUT2D eigenvalue weighted by molar-refractivity contribution is 9.10. The molecule has 0 amide bonds. The molecule has 0 bridgehead atoms. The molecule has 1 aromatic rings. The molecule has 1 unspecified atom stereocenters. The normalized spacial score (nSPS) is 29.1. The summed E-state index contributed by atoms with van der Waals surface area (Å²) in [5.41, 5.74) is 4.32. The van der Waals surface area contributed by atoms with E-state index in [0.717, 1.165) is 0 Å². The predicted octanol–water partition coefficient (Wildman–Crippen LogP) is 1.67. The third kappa shape index (κ3) is 1.39. The monoisotopic (exact) mass is 266 g/mol. The van der Waals surface area contributed by atoms with E-state index in [-0.39, 0.29) is 18.9 Å². The van der Waals surface area contributed by atoms with Gasteiger partial charge in [0.1, 0.15) is 0 Å². The van der Waals surface area contributed by atoms with Crippen LogP contribution < -0.4 is 5.73 Å². The minimum Gasteiger partial charge on any atom is -0.366 e. The van der Waals surface area contributed by atoms with E-state index >= 15 is 0 Å². The Kier molecular flexibility index (Phi) is 1.86. The highest BCUT2D eigenvalue weighted by Crippen LogP contribution is 2.61. The minimum atomic E-state index is -2.59. The first-order valence-corrected chi connectivity index (χ1v) is 4.87. The molecule has 4 nitrogen and oxygen atoms in total. The van der Waals surface area contributed by atoms with Crippen molar-refractivity contribution in [1.82, 2.24) is 14.8 Å². The summed E-state index contributed by atoms with van der Waals surface area (Å²) in [7, 11) is 0. The zero-order valence-electron chi connectivity index (χ0n) is 7.47. The van der Waals surface area contributed by atoms with Gasteiger partial charge in [0.05, 0.1) is 12.0 Å². The number of alkyl halides is 2. The molecular weight excluding hydrogens is 258 g/mol. The predicted molar refractivity (Wildman–Crippen MR) is 49.8 cm³/mol. The minimum absolute atomic E-state index is 0.0874. The second kappa shape index (κ2) is 2.65. The van der Waals surface area contributed by atoms with Crippen molar-refractivity contribution in [2.45, 2.75) is 25.8 Å². The van der Waals surface area contributed by atoms with Gasteiger partial charge in [-0.25, -0.2) is 13.5 Å². The zero-order valence-corrected chi connectivity index (χ0v) is 9.05. The number of rotatable bonds is 2. The Bertz CT molecular complexity index is 378. The van der Waals surface area contributed by atoms with Gasteiger partial charge in [-0.3, -0.25) is 0 Å². The lowest BCUT2D eigenvalue weighted by Crippen LogP contribution is -2.16. The van der Waals surface area contributed by atoms with Crippen LogP contribution >= 0.6 is 15.9 Å². The summed E-state index contributed by atoms with van der Waals surface area (Å²) in [6.07, 6.45) is -0.105. The highest BCUT2D eigenvalue weighted by atomic mass is 79.9. The van der Waals surface area contributed by atoms with Gasteiger partial charge in [-0.15, -0.1) is 5.10 Å². The molecule has 7 heteroatoms. The molecule has 0 aromatic carbocycles. The first-order valence-electron chi connectivity index (χ1n) is 4.08. The number of aromatic nitrogens is 3. The summed E-state index contributed by atoms with van der Waals surface area (Å²) in [5, 5.41) is 3.80. The molecule has 0 radical (unpaired) electrons. The van der Waals surface area contributed by atoms with Crippen molar-refractivity contribution in [2.24, 2.45) is 5.41 Å². The Morgan fingerprint density at radius 3 is 2.57 bits per heavy atom. The third-order valence-corrected chi connectivity index (χ3v) is 3.10. The van der Waals surface area contributed by atoms with Crippen LogP contribution in [0.25, 0.3) is 0 Å². The molecule has 0 aliphatic heterocycles. The fourth-order valence-electron chi connectivity index (χ4n) is 1.39. The van der Waals surface area contributed by atoms with E-state index < -0.39 is 11.3 Å². The van der Waals surface area contributed by atoms with Gasteiger partial charge in [0, 0.05) is 6.42 Å². The maximum absolute atomic E-state index is 12.9. The van der Waals surface area contributed by atoms with Gasteiger partial charge < -0.3 is 5.73 Å². The Morgan fingerprint density at radius 2 is 2.21 bits per heavy atom. The second-order valence-corrected chi connectivity index (χ2v) is 4.55. The summed E-state index contributed by atoms with van der Waals surface area (Å²) in [5.74, 6) is -2.50. The van der Waals surface area contributed by atoms with Crippen LogP contribution in [0, 0.1) is 5.41 Å². The summed E-state index contributed by atoms with van der Waals surface area (Å²) in [4.78, 5) is 3.77. The number of anilines is 1. The van der Waals surface area contributed by atoms with Crippen LogP contribution in [0.3, 0.4) is 0 Å². The molecule has 2 N–H and O–H groups in total. The number of hydrogen-bond donors (Lipinski definition) is 1. The second-order valence-electron chi connectivity index (χ2n) is 3.84. The Balaban J connectivity index is 2.17. The van der Waals surface area contributed by atoms with E-state index in [1.54, 1.807) is 0 Å². The maximum Gasteiger partial charge on any atom is 0.256 e. The number of halogens is 3. The summed E-state index contributed by atoms with van der Waals surface area (Å²) < 4.78 is 27.5. The van der Waals surface area contributed by atoms with Crippen LogP contribution in [0.4, 0.5) is 14.7 Å². The third-order valence-electron chi connectivity index (χ3n) is 2.51. The lowest BCUT2D eigenvalue weighted by molar-refractivity contribution is 0.0620. The first-order chi connectivity index (χ1) is 6.34. The lowest BCUT2D eigenvalue weighted by Gasteiger charge is -2.09. The molecule has 0 spiro atoms. The van der Waals surface area contributed by atoms with Gasteiger partial charge in [0.2, 0.25) is 5.95 Å². The van der Waals surface area contributed by atoms with Gasteiger partial charge in [0.15, 0.2) is 4.73 Å². The van der Waals surface area contributed by atoms with Crippen molar-refractivity contribution in [2.75, 3.05) is 5.73 Å². The van der Waals surface area contributed by atoms with Crippen LogP contribution in [0.1, 0.15) is 13.3 Å². The van der Waals surface area contributed by atoms with Crippen molar-refractivity contribution in [3.05, 3.63) is 4.73 Å². The quantitative estimate of drug-likeness (QED) is 0.886. The van der Waals surface area contributed by atoms with Crippen molar-refractivity contribution >= 4 is 21.9 Å². The average molecular weight is 267 g/mol. The molecule has 1 aromatic heterocycles. The molecule has 1 aliphatic carbocycles. The summed E-state index contributed by atoms with van der Waals surface area (Å²) in [6.45, 7) is 1.65. The van der Waals surface area contributed by atoms with E-state index in [2.05, 4.69) is 26.0 Å². The van der Waals surface area contributed by atoms with Crippen LogP contribution in [0.2, 0.25) is 0 Å². The standard InChI is InChI=1S/C7H9BrF2N4/c1-6(2-7(6,9)10)3-14-4(8)12-5(11)13-14/h2-3H2,1H3,(H2,11,13). The Hall–Kier alpha value is -0.720. The molecule has 1 aliphatic rings. The van der Waals surface area contributed by atoms with Crippen molar-refractivity contribution in [3.8, 4) is 0 Å². The largest absolute Gasteiger partial charge is 0.366 e. The van der Waals surface area contributed by atoms with Gasteiger partial charge in [-0.2, -0.15) is 4.98 Å². The maximum atomic E-state index is 12.9. The molecule has 78 valence electrons. The number of hydrogen-bond acceptors (Lipinski definition) is 3. The van der Waals surface area contributed by atoms with Crippen LogP contribution in [0.15, 0.2) is 4.73 Å². The van der Waals surface area contributed by atoms with E-state index in [4.69, 9.17) is 5.73 Å². The van der Waals surface area contributed by atoms with Gasteiger partial charge in [-0.05, 0) is 15.9 Å². The number of nitrogens with two attached hydrogens (primary N) is 1. The molecule has 1 atom stereocenters. The fraction of sp³-hybridized carbons (Fsp3) is 0.714. The van der Waals surface area contributed by atoms with E-state index in [1.807, 2.05) is 0 Å². The molecule has 14 heavy (non-hydrogen) atoms. The number of nitrogens with zero attached hydrogens (tertiary/aromatic N) is 3. The van der Waals surface area contributed by atoms with Crippen LogP contribution in [0.5, 0.6) is 0 Å². The molecular formula is C7H9BrF2N4. The molecule has 1 heterocycles. The topological polar surface area (TPSA) is 56.7 Å². The first kappa shape index (κ1) is 9.82. The van der Waals surface area contributed by atoms with Crippen molar-refractivity contribution in [3.63, 3.8) is 0 Å². The van der Waals surface area contributed by atoms with Gasteiger partial charge in [-0.1, -0.05) is 6.92 Å².